The molecule has 1 aliphatic carbocycles. The fraction of sp³-hybridized carbons (Fsp3) is 0.545. The number of hydrogen-bond acceptors (Lipinski definition) is 4. The third-order valence-corrected chi connectivity index (χ3v) is 5.06. The van der Waals surface area contributed by atoms with E-state index in [2.05, 4.69) is 13.5 Å². The van der Waals surface area contributed by atoms with Crippen LogP contribution >= 0.6 is 0 Å². The van der Waals surface area contributed by atoms with Gasteiger partial charge in [-0.2, -0.15) is 0 Å². The Morgan fingerprint density at radius 1 is 1.23 bits per heavy atom. The third-order valence-electron chi connectivity index (χ3n) is 5.06. The number of benzene rings is 1. The molecule has 1 saturated carbocycles. The number of esters is 1. The monoisotopic (exact) mass is 358 g/mol. The molecule has 0 amide bonds. The molecule has 1 aromatic carbocycles. The van der Waals surface area contributed by atoms with Crippen LogP contribution in [-0.2, 0) is 25.7 Å². The number of carbonyl (C=O) groups excluding carboxylic acids is 2. The minimum Gasteiger partial charge on any atom is -0.466 e. The van der Waals surface area contributed by atoms with E-state index >= 15 is 0 Å². The SMILES string of the molecule is C=C[C@@H]1C[C@@H](C)C[C@H](OCc2ccccc2)[C@H]1CC(=O)CC(=O)OCC. The molecule has 0 aromatic heterocycles. The normalized spacial score (nSPS) is 25.5. The molecule has 0 aliphatic heterocycles. The highest BCUT2D eigenvalue weighted by molar-refractivity contribution is 5.95. The minimum absolute atomic E-state index is 0.00639. The van der Waals surface area contributed by atoms with E-state index in [1.54, 1.807) is 6.92 Å². The standard InChI is InChI=1S/C22H30O4/c1-4-18-11-16(3)12-21(26-15-17-9-7-6-8-10-17)20(18)13-19(23)14-22(24)25-5-2/h4,6-10,16,18,20-21H,1,5,11-15H2,2-3H3/t16-,18-,20+,21+/m1/s1. The lowest BCUT2D eigenvalue weighted by Crippen LogP contribution is -2.38. The molecule has 1 fully saturated rings. The van der Waals surface area contributed by atoms with Crippen molar-refractivity contribution in [1.82, 2.24) is 0 Å². The summed E-state index contributed by atoms with van der Waals surface area (Å²) in [6.45, 7) is 8.75. The Labute approximate surface area is 156 Å². The van der Waals surface area contributed by atoms with Crippen molar-refractivity contribution in [3.63, 3.8) is 0 Å². The molecule has 142 valence electrons. The molecule has 4 nitrogen and oxygen atoms in total. The van der Waals surface area contributed by atoms with Crippen LogP contribution in [0.25, 0.3) is 0 Å². The molecular weight excluding hydrogens is 328 g/mol. The van der Waals surface area contributed by atoms with Crippen molar-refractivity contribution in [3.05, 3.63) is 48.6 Å². The summed E-state index contributed by atoms with van der Waals surface area (Å²) >= 11 is 0. The molecule has 0 N–H and O–H groups in total. The highest BCUT2D eigenvalue weighted by Gasteiger charge is 2.37. The van der Waals surface area contributed by atoms with Crippen LogP contribution in [0.3, 0.4) is 0 Å². The predicted molar refractivity (Wildman–Crippen MR) is 101 cm³/mol. The maximum absolute atomic E-state index is 12.4. The van der Waals surface area contributed by atoms with E-state index in [0.717, 1.165) is 18.4 Å². The minimum atomic E-state index is -0.446. The van der Waals surface area contributed by atoms with Gasteiger partial charge in [-0.05, 0) is 43.1 Å². The van der Waals surface area contributed by atoms with Crippen molar-refractivity contribution < 1.29 is 19.1 Å². The number of carbonyl (C=O) groups is 2. The van der Waals surface area contributed by atoms with Crippen molar-refractivity contribution in [2.45, 2.75) is 52.2 Å². The van der Waals surface area contributed by atoms with Gasteiger partial charge >= 0.3 is 5.97 Å². The van der Waals surface area contributed by atoms with Gasteiger partial charge in [0.2, 0.25) is 0 Å². The molecule has 0 heterocycles. The second kappa shape index (κ2) is 10.3. The Kier molecular flexibility index (Phi) is 8.05. The van der Waals surface area contributed by atoms with E-state index in [0.29, 0.717) is 25.6 Å². The second-order valence-electron chi connectivity index (χ2n) is 7.20. The molecule has 0 spiro atoms. The summed E-state index contributed by atoms with van der Waals surface area (Å²) in [7, 11) is 0. The summed E-state index contributed by atoms with van der Waals surface area (Å²) in [6.07, 6.45) is 4.04. The zero-order valence-electron chi connectivity index (χ0n) is 15.9. The van der Waals surface area contributed by atoms with Crippen molar-refractivity contribution >= 4 is 11.8 Å². The van der Waals surface area contributed by atoms with Gasteiger partial charge in [0.25, 0.3) is 0 Å². The lowest BCUT2D eigenvalue weighted by atomic mass is 9.70. The molecule has 0 bridgehead atoms. The molecule has 0 radical (unpaired) electrons. The van der Waals surface area contributed by atoms with Crippen molar-refractivity contribution in [1.29, 1.82) is 0 Å². The quantitative estimate of drug-likeness (QED) is 0.374. The number of rotatable bonds is 9. The third kappa shape index (κ3) is 6.10. The maximum Gasteiger partial charge on any atom is 0.313 e. The van der Waals surface area contributed by atoms with Gasteiger partial charge in [0.05, 0.1) is 19.3 Å². The van der Waals surface area contributed by atoms with Gasteiger partial charge in [-0.3, -0.25) is 9.59 Å². The number of allylic oxidation sites excluding steroid dienone is 1. The maximum atomic E-state index is 12.4. The fourth-order valence-corrected chi connectivity index (χ4v) is 3.81. The smallest absolute Gasteiger partial charge is 0.313 e. The average Bonchev–Trinajstić information content (AvgIpc) is 2.62. The first-order valence-electron chi connectivity index (χ1n) is 9.48. The summed E-state index contributed by atoms with van der Waals surface area (Å²) < 4.78 is 11.1. The van der Waals surface area contributed by atoms with Crippen LogP contribution in [0.5, 0.6) is 0 Å². The van der Waals surface area contributed by atoms with Crippen molar-refractivity contribution in [2.24, 2.45) is 17.8 Å². The van der Waals surface area contributed by atoms with Crippen molar-refractivity contribution in [3.8, 4) is 0 Å². The molecule has 2 rings (SSSR count). The highest BCUT2D eigenvalue weighted by atomic mass is 16.5. The van der Waals surface area contributed by atoms with Crippen LogP contribution < -0.4 is 0 Å². The first kappa shape index (κ1) is 20.4. The summed E-state index contributed by atoms with van der Waals surface area (Å²) in [4.78, 5) is 24.0. The second-order valence-corrected chi connectivity index (χ2v) is 7.20. The summed E-state index contributed by atoms with van der Waals surface area (Å²) in [5, 5.41) is 0. The first-order valence-corrected chi connectivity index (χ1v) is 9.48. The molecular formula is C22H30O4. The van der Waals surface area contributed by atoms with E-state index in [1.165, 1.54) is 0 Å². The van der Waals surface area contributed by atoms with Gasteiger partial charge in [-0.1, -0.05) is 43.3 Å². The Balaban J connectivity index is 2.02. The first-order chi connectivity index (χ1) is 12.5. The number of ketones is 1. The van der Waals surface area contributed by atoms with Crippen LogP contribution in [0.15, 0.2) is 43.0 Å². The molecule has 0 unspecified atom stereocenters. The van der Waals surface area contributed by atoms with Gasteiger partial charge in [-0.15, -0.1) is 6.58 Å². The van der Waals surface area contributed by atoms with Gasteiger partial charge in [0, 0.05) is 6.42 Å². The van der Waals surface area contributed by atoms with E-state index in [-0.39, 0.29) is 30.1 Å². The van der Waals surface area contributed by atoms with Crippen LogP contribution in [-0.4, -0.2) is 24.5 Å². The highest BCUT2D eigenvalue weighted by Crippen LogP contribution is 2.39. The number of Topliss-reactive ketones (excluding diaryl/α,β-unsaturated/α-hetero) is 1. The van der Waals surface area contributed by atoms with E-state index < -0.39 is 5.97 Å². The summed E-state index contributed by atoms with van der Waals surface area (Å²) in [5.74, 6) is 0.289. The Morgan fingerprint density at radius 2 is 1.96 bits per heavy atom. The Morgan fingerprint density at radius 3 is 2.62 bits per heavy atom. The van der Waals surface area contributed by atoms with Crippen molar-refractivity contribution in [2.75, 3.05) is 6.61 Å². The average molecular weight is 358 g/mol. The van der Waals surface area contributed by atoms with E-state index in [9.17, 15) is 9.59 Å². The Bertz CT molecular complexity index is 595. The molecule has 0 saturated heterocycles. The summed E-state index contributed by atoms with van der Waals surface area (Å²) in [6, 6.07) is 10.1. The molecule has 4 heteroatoms. The lowest BCUT2D eigenvalue weighted by Gasteiger charge is -2.39. The van der Waals surface area contributed by atoms with Crippen LogP contribution in [0.2, 0.25) is 0 Å². The molecule has 1 aliphatic rings. The van der Waals surface area contributed by atoms with Gasteiger partial charge < -0.3 is 9.47 Å². The van der Waals surface area contributed by atoms with Crippen LogP contribution in [0, 0.1) is 17.8 Å². The number of ether oxygens (including phenoxy) is 2. The van der Waals surface area contributed by atoms with Crippen LogP contribution in [0.1, 0.15) is 45.1 Å². The summed E-state index contributed by atoms with van der Waals surface area (Å²) in [5.41, 5.74) is 1.12. The van der Waals surface area contributed by atoms with Gasteiger partial charge in [0.15, 0.2) is 0 Å². The molecule has 4 atom stereocenters. The predicted octanol–water partition coefficient (Wildman–Crippen LogP) is 4.33. The largest absolute Gasteiger partial charge is 0.466 e. The lowest BCUT2D eigenvalue weighted by molar-refractivity contribution is -0.146. The topological polar surface area (TPSA) is 52.6 Å². The zero-order valence-corrected chi connectivity index (χ0v) is 15.9. The zero-order chi connectivity index (χ0) is 18.9. The number of hydrogen-bond donors (Lipinski definition) is 0. The van der Waals surface area contributed by atoms with E-state index in [4.69, 9.17) is 9.47 Å². The van der Waals surface area contributed by atoms with Gasteiger partial charge in [0.1, 0.15) is 12.2 Å². The van der Waals surface area contributed by atoms with E-state index in [1.807, 2.05) is 36.4 Å². The fourth-order valence-electron chi connectivity index (χ4n) is 3.81. The Hall–Kier alpha value is -1.94. The van der Waals surface area contributed by atoms with Crippen LogP contribution in [0.4, 0.5) is 0 Å². The van der Waals surface area contributed by atoms with Gasteiger partial charge in [-0.25, -0.2) is 0 Å². The molecule has 26 heavy (non-hydrogen) atoms. The molecule has 1 aromatic rings.